The van der Waals surface area contributed by atoms with Gasteiger partial charge in [-0.05, 0) is 26.3 Å². The second-order valence-corrected chi connectivity index (χ2v) is 4.78. The normalized spacial score (nSPS) is 17.4. The summed E-state index contributed by atoms with van der Waals surface area (Å²) < 4.78 is 5.41. The van der Waals surface area contributed by atoms with Crippen LogP contribution in [0.4, 0.5) is 0 Å². The standard InChI is InChI=1S/C13H28N2O/c1-3-11-16-12-9-14-8-10-15(2)13-6-4-5-7-13/h13-14H,3-12H2,1-2H3. The van der Waals surface area contributed by atoms with E-state index in [9.17, 15) is 0 Å². The molecule has 0 radical (unpaired) electrons. The highest BCUT2D eigenvalue weighted by Crippen LogP contribution is 2.21. The molecule has 16 heavy (non-hydrogen) atoms. The molecular weight excluding hydrogens is 200 g/mol. The van der Waals surface area contributed by atoms with E-state index >= 15 is 0 Å². The van der Waals surface area contributed by atoms with Crippen LogP contribution in [0, 0.1) is 0 Å². The Morgan fingerprint density at radius 3 is 2.62 bits per heavy atom. The lowest BCUT2D eigenvalue weighted by Crippen LogP contribution is -2.36. The van der Waals surface area contributed by atoms with Gasteiger partial charge in [0.2, 0.25) is 0 Å². The highest BCUT2D eigenvalue weighted by atomic mass is 16.5. The first-order valence-corrected chi connectivity index (χ1v) is 6.83. The van der Waals surface area contributed by atoms with Crippen molar-refractivity contribution in [3.05, 3.63) is 0 Å². The molecule has 1 aliphatic carbocycles. The first-order chi connectivity index (χ1) is 7.84. The second-order valence-electron chi connectivity index (χ2n) is 4.78. The number of nitrogens with one attached hydrogen (secondary N) is 1. The summed E-state index contributed by atoms with van der Waals surface area (Å²) in [6.07, 6.45) is 6.76. The minimum absolute atomic E-state index is 0.846. The molecule has 1 rings (SSSR count). The molecule has 3 heteroatoms. The van der Waals surface area contributed by atoms with Gasteiger partial charge in [-0.3, -0.25) is 0 Å². The Hall–Kier alpha value is -0.120. The van der Waals surface area contributed by atoms with E-state index in [0.717, 1.165) is 38.8 Å². The predicted octanol–water partition coefficient (Wildman–Crippen LogP) is 1.88. The quantitative estimate of drug-likeness (QED) is 0.610. The van der Waals surface area contributed by atoms with Crippen molar-refractivity contribution < 1.29 is 4.74 Å². The van der Waals surface area contributed by atoms with Crippen molar-refractivity contribution >= 4 is 0 Å². The predicted molar refractivity (Wildman–Crippen MR) is 68.9 cm³/mol. The number of ether oxygens (including phenoxy) is 1. The summed E-state index contributed by atoms with van der Waals surface area (Å²) in [5.41, 5.74) is 0. The monoisotopic (exact) mass is 228 g/mol. The zero-order valence-corrected chi connectivity index (χ0v) is 11.0. The summed E-state index contributed by atoms with van der Waals surface area (Å²) in [6, 6.07) is 0.846. The van der Waals surface area contributed by atoms with Crippen LogP contribution in [0.15, 0.2) is 0 Å². The Kier molecular flexibility index (Phi) is 7.81. The molecular formula is C13H28N2O. The Morgan fingerprint density at radius 1 is 1.19 bits per heavy atom. The summed E-state index contributed by atoms with van der Waals surface area (Å²) in [5, 5.41) is 3.43. The molecule has 1 fully saturated rings. The van der Waals surface area contributed by atoms with Gasteiger partial charge in [-0.1, -0.05) is 19.8 Å². The molecule has 0 aromatic heterocycles. The summed E-state index contributed by atoms with van der Waals surface area (Å²) >= 11 is 0. The van der Waals surface area contributed by atoms with E-state index in [0.29, 0.717) is 0 Å². The van der Waals surface area contributed by atoms with Gasteiger partial charge in [0.15, 0.2) is 0 Å². The van der Waals surface area contributed by atoms with Crippen LogP contribution < -0.4 is 5.32 Å². The number of hydrogen-bond acceptors (Lipinski definition) is 3. The number of nitrogens with zero attached hydrogens (tertiary/aromatic N) is 1. The molecule has 0 heterocycles. The van der Waals surface area contributed by atoms with Gasteiger partial charge in [0.25, 0.3) is 0 Å². The van der Waals surface area contributed by atoms with Crippen LogP contribution in [0.3, 0.4) is 0 Å². The second kappa shape index (κ2) is 8.97. The number of rotatable bonds is 9. The molecule has 0 atom stereocenters. The minimum Gasteiger partial charge on any atom is -0.380 e. The van der Waals surface area contributed by atoms with Gasteiger partial charge in [-0.15, -0.1) is 0 Å². The van der Waals surface area contributed by atoms with Crippen LogP contribution in [0.1, 0.15) is 39.0 Å². The van der Waals surface area contributed by atoms with Gasteiger partial charge >= 0.3 is 0 Å². The van der Waals surface area contributed by atoms with Gasteiger partial charge in [0.05, 0.1) is 6.61 Å². The fraction of sp³-hybridized carbons (Fsp3) is 1.00. The summed E-state index contributed by atoms with van der Waals surface area (Å²) in [7, 11) is 2.26. The van der Waals surface area contributed by atoms with Crippen LogP contribution in [0.5, 0.6) is 0 Å². The third-order valence-electron chi connectivity index (χ3n) is 3.36. The molecule has 0 bridgehead atoms. The highest BCUT2D eigenvalue weighted by molar-refractivity contribution is 4.75. The van der Waals surface area contributed by atoms with E-state index in [2.05, 4.69) is 24.2 Å². The van der Waals surface area contributed by atoms with Crippen LogP contribution in [-0.4, -0.2) is 50.8 Å². The molecule has 0 unspecified atom stereocenters. The maximum Gasteiger partial charge on any atom is 0.0590 e. The first kappa shape index (κ1) is 13.9. The van der Waals surface area contributed by atoms with Crippen molar-refractivity contribution in [1.82, 2.24) is 10.2 Å². The van der Waals surface area contributed by atoms with Crippen molar-refractivity contribution in [3.63, 3.8) is 0 Å². The molecule has 0 spiro atoms. The Balaban J connectivity index is 1.86. The number of likely N-dealkylation sites (N-methyl/N-ethyl adjacent to an activating group) is 1. The molecule has 0 aliphatic heterocycles. The Bertz CT molecular complexity index is 158. The molecule has 1 aliphatic rings. The topological polar surface area (TPSA) is 24.5 Å². The smallest absolute Gasteiger partial charge is 0.0590 e. The van der Waals surface area contributed by atoms with Gasteiger partial charge in [-0.25, -0.2) is 0 Å². The van der Waals surface area contributed by atoms with Gasteiger partial charge in [0.1, 0.15) is 0 Å². The van der Waals surface area contributed by atoms with Gasteiger partial charge in [0, 0.05) is 32.3 Å². The molecule has 1 N–H and O–H groups in total. The highest BCUT2D eigenvalue weighted by Gasteiger charge is 2.18. The molecule has 1 saturated carbocycles. The first-order valence-electron chi connectivity index (χ1n) is 6.83. The summed E-state index contributed by atoms with van der Waals surface area (Å²) in [4.78, 5) is 2.51. The van der Waals surface area contributed by atoms with Crippen molar-refractivity contribution in [2.45, 2.75) is 45.1 Å². The molecule has 0 aromatic carbocycles. The maximum absolute atomic E-state index is 5.41. The third kappa shape index (κ3) is 5.83. The molecule has 0 amide bonds. The maximum atomic E-state index is 5.41. The van der Waals surface area contributed by atoms with E-state index in [4.69, 9.17) is 4.74 Å². The third-order valence-corrected chi connectivity index (χ3v) is 3.36. The zero-order chi connectivity index (χ0) is 11.6. The zero-order valence-electron chi connectivity index (χ0n) is 11.0. The van der Waals surface area contributed by atoms with E-state index in [-0.39, 0.29) is 0 Å². The van der Waals surface area contributed by atoms with Crippen molar-refractivity contribution in [1.29, 1.82) is 0 Å². The van der Waals surface area contributed by atoms with Crippen LogP contribution in [-0.2, 0) is 4.74 Å². The number of hydrogen-bond donors (Lipinski definition) is 1. The molecule has 0 saturated heterocycles. The lowest BCUT2D eigenvalue weighted by atomic mass is 10.2. The molecule has 0 aromatic rings. The largest absolute Gasteiger partial charge is 0.380 e. The van der Waals surface area contributed by atoms with Crippen molar-refractivity contribution in [2.24, 2.45) is 0 Å². The van der Waals surface area contributed by atoms with Gasteiger partial charge < -0.3 is 15.0 Å². The average molecular weight is 228 g/mol. The van der Waals surface area contributed by atoms with Crippen LogP contribution >= 0.6 is 0 Å². The Morgan fingerprint density at radius 2 is 1.94 bits per heavy atom. The summed E-state index contributed by atoms with van der Waals surface area (Å²) in [5.74, 6) is 0. The van der Waals surface area contributed by atoms with E-state index in [1.807, 2.05) is 0 Å². The van der Waals surface area contributed by atoms with E-state index in [1.54, 1.807) is 0 Å². The van der Waals surface area contributed by atoms with Crippen molar-refractivity contribution in [2.75, 3.05) is 39.9 Å². The van der Waals surface area contributed by atoms with Crippen LogP contribution in [0.2, 0.25) is 0 Å². The average Bonchev–Trinajstić information content (AvgIpc) is 2.81. The van der Waals surface area contributed by atoms with E-state index in [1.165, 1.54) is 32.2 Å². The SMILES string of the molecule is CCCOCCNCCN(C)C1CCCC1. The van der Waals surface area contributed by atoms with Crippen molar-refractivity contribution in [3.8, 4) is 0 Å². The van der Waals surface area contributed by atoms with Gasteiger partial charge in [-0.2, -0.15) is 0 Å². The molecule has 3 nitrogen and oxygen atoms in total. The van der Waals surface area contributed by atoms with E-state index < -0.39 is 0 Å². The minimum atomic E-state index is 0.846. The fourth-order valence-electron chi connectivity index (χ4n) is 2.30. The summed E-state index contributed by atoms with van der Waals surface area (Å²) in [6.45, 7) is 7.12. The Labute approximate surface area is 101 Å². The lowest BCUT2D eigenvalue weighted by molar-refractivity contribution is 0.135. The van der Waals surface area contributed by atoms with Crippen LogP contribution in [0.25, 0.3) is 0 Å². The lowest BCUT2D eigenvalue weighted by Gasteiger charge is -2.23. The molecule has 96 valence electrons. The fourth-order valence-corrected chi connectivity index (χ4v) is 2.30.